The standard InChI is InChI=1S/C22H23N5S2/c1-15-7-5-9-17(11-15)21-23-18(13-28-21)14-29-22-25-24-20(27(22)4)16-8-6-10-19(12-16)26(2)3/h5-13H,14H2,1-4H3. The summed E-state index contributed by atoms with van der Waals surface area (Å²) < 4.78 is 2.05. The third-order valence-electron chi connectivity index (χ3n) is 4.62. The summed E-state index contributed by atoms with van der Waals surface area (Å²) >= 11 is 3.35. The fourth-order valence-electron chi connectivity index (χ4n) is 3.04. The lowest BCUT2D eigenvalue weighted by molar-refractivity contribution is 0.793. The summed E-state index contributed by atoms with van der Waals surface area (Å²) in [6.45, 7) is 2.10. The Hall–Kier alpha value is -2.64. The quantitative estimate of drug-likeness (QED) is 0.397. The predicted molar refractivity (Wildman–Crippen MR) is 123 cm³/mol. The van der Waals surface area contributed by atoms with Crippen molar-refractivity contribution in [2.75, 3.05) is 19.0 Å². The van der Waals surface area contributed by atoms with Crippen LogP contribution in [-0.2, 0) is 12.8 Å². The number of hydrogen-bond acceptors (Lipinski definition) is 6. The van der Waals surface area contributed by atoms with Gasteiger partial charge in [-0.2, -0.15) is 0 Å². The monoisotopic (exact) mass is 421 g/mol. The van der Waals surface area contributed by atoms with Gasteiger partial charge >= 0.3 is 0 Å². The van der Waals surface area contributed by atoms with Gasteiger partial charge in [0.15, 0.2) is 11.0 Å². The minimum absolute atomic E-state index is 0.770. The van der Waals surface area contributed by atoms with Crippen molar-refractivity contribution in [3.8, 4) is 22.0 Å². The Bertz CT molecular complexity index is 1130. The molecule has 2 aromatic heterocycles. The maximum Gasteiger partial charge on any atom is 0.191 e. The molecule has 29 heavy (non-hydrogen) atoms. The molecule has 0 aliphatic heterocycles. The van der Waals surface area contributed by atoms with E-state index < -0.39 is 0 Å². The summed E-state index contributed by atoms with van der Waals surface area (Å²) in [6, 6.07) is 16.8. The van der Waals surface area contributed by atoms with Crippen molar-refractivity contribution >= 4 is 28.8 Å². The molecule has 148 valence electrons. The molecule has 0 saturated carbocycles. The van der Waals surface area contributed by atoms with E-state index in [4.69, 9.17) is 4.98 Å². The molecular weight excluding hydrogens is 398 g/mol. The highest BCUT2D eigenvalue weighted by molar-refractivity contribution is 7.98. The van der Waals surface area contributed by atoms with Gasteiger partial charge in [-0.25, -0.2) is 4.98 Å². The lowest BCUT2D eigenvalue weighted by Crippen LogP contribution is -2.08. The van der Waals surface area contributed by atoms with Gasteiger partial charge in [0.25, 0.3) is 0 Å². The van der Waals surface area contributed by atoms with E-state index in [0.717, 1.165) is 38.7 Å². The first-order chi connectivity index (χ1) is 14.0. The Balaban J connectivity index is 1.48. The van der Waals surface area contributed by atoms with Crippen molar-refractivity contribution in [1.29, 1.82) is 0 Å². The molecule has 0 radical (unpaired) electrons. The molecule has 4 aromatic rings. The van der Waals surface area contributed by atoms with Crippen LogP contribution in [0.5, 0.6) is 0 Å². The van der Waals surface area contributed by atoms with E-state index in [9.17, 15) is 0 Å². The number of thiazole rings is 1. The summed E-state index contributed by atoms with van der Waals surface area (Å²) in [4.78, 5) is 6.88. The maximum atomic E-state index is 4.80. The van der Waals surface area contributed by atoms with Gasteiger partial charge in [-0.15, -0.1) is 21.5 Å². The summed E-state index contributed by atoms with van der Waals surface area (Å²) in [6.07, 6.45) is 0. The fraction of sp³-hybridized carbons (Fsp3) is 0.227. The lowest BCUT2D eigenvalue weighted by Gasteiger charge is -2.13. The van der Waals surface area contributed by atoms with Gasteiger partial charge in [0.1, 0.15) is 5.01 Å². The SMILES string of the molecule is Cc1cccc(-c2nc(CSc3nnc(-c4cccc(N(C)C)c4)n3C)cs2)c1. The minimum atomic E-state index is 0.770. The van der Waals surface area contributed by atoms with Gasteiger partial charge in [0.2, 0.25) is 0 Å². The summed E-state index contributed by atoms with van der Waals surface area (Å²) in [5, 5.41) is 12.9. The molecule has 2 heterocycles. The van der Waals surface area contributed by atoms with E-state index in [-0.39, 0.29) is 0 Å². The van der Waals surface area contributed by atoms with Crippen LogP contribution in [0.25, 0.3) is 22.0 Å². The van der Waals surface area contributed by atoms with E-state index in [1.54, 1.807) is 23.1 Å². The average molecular weight is 422 g/mol. The predicted octanol–water partition coefficient (Wildman–Crippen LogP) is 5.27. The molecule has 0 atom stereocenters. The number of rotatable bonds is 6. The van der Waals surface area contributed by atoms with Gasteiger partial charge < -0.3 is 9.47 Å². The van der Waals surface area contributed by atoms with Gasteiger partial charge in [-0.3, -0.25) is 0 Å². The zero-order chi connectivity index (χ0) is 20.4. The normalized spacial score (nSPS) is 11.0. The molecular formula is C22H23N5S2. The van der Waals surface area contributed by atoms with Crippen molar-refractivity contribution in [3.63, 3.8) is 0 Å². The maximum absolute atomic E-state index is 4.80. The second-order valence-corrected chi connectivity index (χ2v) is 8.91. The smallest absolute Gasteiger partial charge is 0.191 e. The molecule has 7 heteroatoms. The first-order valence-electron chi connectivity index (χ1n) is 9.32. The molecule has 0 amide bonds. The van der Waals surface area contributed by atoms with Crippen LogP contribution < -0.4 is 4.90 Å². The van der Waals surface area contributed by atoms with Gasteiger partial charge in [-0.05, 0) is 25.1 Å². The largest absolute Gasteiger partial charge is 0.378 e. The highest BCUT2D eigenvalue weighted by Crippen LogP contribution is 2.29. The Morgan fingerprint density at radius 1 is 1.03 bits per heavy atom. The number of nitrogens with zero attached hydrogens (tertiary/aromatic N) is 5. The molecule has 5 nitrogen and oxygen atoms in total. The van der Waals surface area contributed by atoms with Crippen molar-refractivity contribution < 1.29 is 0 Å². The van der Waals surface area contributed by atoms with Crippen molar-refractivity contribution in [2.24, 2.45) is 7.05 Å². The number of aryl methyl sites for hydroxylation is 1. The average Bonchev–Trinajstić information content (AvgIpc) is 3.33. The van der Waals surface area contributed by atoms with E-state index in [0.29, 0.717) is 0 Å². The lowest BCUT2D eigenvalue weighted by atomic mass is 10.1. The van der Waals surface area contributed by atoms with Crippen LogP contribution in [0.2, 0.25) is 0 Å². The molecule has 0 saturated heterocycles. The molecule has 2 aromatic carbocycles. The topological polar surface area (TPSA) is 46.8 Å². The number of benzene rings is 2. The van der Waals surface area contributed by atoms with Crippen LogP contribution in [0.15, 0.2) is 59.1 Å². The van der Waals surface area contributed by atoms with Crippen LogP contribution in [-0.4, -0.2) is 33.8 Å². The second-order valence-electron chi connectivity index (χ2n) is 7.11. The Morgan fingerprint density at radius 2 is 1.83 bits per heavy atom. The van der Waals surface area contributed by atoms with Crippen molar-refractivity contribution in [3.05, 3.63) is 65.2 Å². The van der Waals surface area contributed by atoms with Crippen LogP contribution >= 0.6 is 23.1 Å². The van der Waals surface area contributed by atoms with E-state index in [1.165, 1.54) is 11.1 Å². The second kappa shape index (κ2) is 8.39. The minimum Gasteiger partial charge on any atom is -0.378 e. The first-order valence-corrected chi connectivity index (χ1v) is 11.2. The van der Waals surface area contributed by atoms with E-state index >= 15 is 0 Å². The molecule has 0 spiro atoms. The van der Waals surface area contributed by atoms with Crippen LogP contribution in [0.4, 0.5) is 5.69 Å². The summed E-state index contributed by atoms with van der Waals surface area (Å²) in [5.74, 6) is 1.64. The molecule has 0 unspecified atom stereocenters. The van der Waals surface area contributed by atoms with E-state index in [2.05, 4.69) is 69.9 Å². The fourth-order valence-corrected chi connectivity index (χ4v) is 4.76. The van der Waals surface area contributed by atoms with Crippen LogP contribution in [0.1, 0.15) is 11.3 Å². The Kier molecular flexibility index (Phi) is 5.69. The molecule has 0 N–H and O–H groups in total. The number of anilines is 1. The molecule has 0 aliphatic rings. The van der Waals surface area contributed by atoms with Gasteiger partial charge in [-0.1, -0.05) is 47.7 Å². The van der Waals surface area contributed by atoms with Crippen molar-refractivity contribution in [1.82, 2.24) is 19.7 Å². The number of thioether (sulfide) groups is 1. The van der Waals surface area contributed by atoms with Gasteiger partial charge in [0, 0.05) is 49.1 Å². The summed E-state index contributed by atoms with van der Waals surface area (Å²) in [7, 11) is 6.09. The number of hydrogen-bond donors (Lipinski definition) is 0. The third kappa shape index (κ3) is 4.36. The Morgan fingerprint density at radius 3 is 2.62 bits per heavy atom. The van der Waals surface area contributed by atoms with E-state index in [1.807, 2.05) is 31.8 Å². The first kappa shape index (κ1) is 19.7. The molecule has 0 fully saturated rings. The highest BCUT2D eigenvalue weighted by atomic mass is 32.2. The molecule has 0 aliphatic carbocycles. The van der Waals surface area contributed by atoms with Crippen molar-refractivity contribution in [2.45, 2.75) is 17.8 Å². The number of aromatic nitrogens is 4. The molecule has 4 rings (SSSR count). The summed E-state index contributed by atoms with van der Waals surface area (Å²) in [5.41, 5.74) is 5.70. The Labute approximate surface area is 179 Å². The third-order valence-corrected chi connectivity index (χ3v) is 6.62. The molecule has 0 bridgehead atoms. The van der Waals surface area contributed by atoms with Gasteiger partial charge in [0.05, 0.1) is 5.69 Å². The highest BCUT2D eigenvalue weighted by Gasteiger charge is 2.13. The zero-order valence-electron chi connectivity index (χ0n) is 17.0. The van der Waals surface area contributed by atoms with Crippen LogP contribution in [0, 0.1) is 6.92 Å². The van der Waals surface area contributed by atoms with Crippen LogP contribution in [0.3, 0.4) is 0 Å². The zero-order valence-corrected chi connectivity index (χ0v) is 18.6.